The van der Waals surface area contributed by atoms with Gasteiger partial charge in [0.2, 0.25) is 5.89 Å². The van der Waals surface area contributed by atoms with E-state index in [4.69, 9.17) is 16.0 Å². The van der Waals surface area contributed by atoms with Crippen LogP contribution in [0.4, 0.5) is 4.39 Å². The molecule has 0 amide bonds. The molecule has 0 aliphatic heterocycles. The van der Waals surface area contributed by atoms with Gasteiger partial charge >= 0.3 is 0 Å². The fraction of sp³-hybridized carbons (Fsp3) is 0.0400. The third-order valence-electron chi connectivity index (χ3n) is 5.00. The van der Waals surface area contributed by atoms with Gasteiger partial charge in [-0.1, -0.05) is 48.0 Å². The largest absolute Gasteiger partial charge is 1.00 e. The summed E-state index contributed by atoms with van der Waals surface area (Å²) in [4.78, 5) is 4.67. The number of hydrogen-bond donors (Lipinski definition) is 0. The maximum atomic E-state index is 13.2. The lowest BCUT2D eigenvalue weighted by Crippen LogP contribution is -3.00. The highest BCUT2D eigenvalue weighted by atomic mass is 35.5. The predicted molar refractivity (Wildman–Crippen MR) is 116 cm³/mol. The van der Waals surface area contributed by atoms with Gasteiger partial charge in [-0.15, -0.1) is 0 Å². The quantitative estimate of drug-likeness (QED) is 0.393. The van der Waals surface area contributed by atoms with E-state index in [1.165, 1.54) is 12.1 Å². The second-order valence-corrected chi connectivity index (χ2v) is 7.47. The van der Waals surface area contributed by atoms with Crippen molar-refractivity contribution < 1.29 is 25.8 Å². The van der Waals surface area contributed by atoms with Gasteiger partial charge in [0.25, 0.3) is 0 Å². The van der Waals surface area contributed by atoms with Crippen LogP contribution in [-0.4, -0.2) is 4.98 Å². The molecule has 0 atom stereocenters. The van der Waals surface area contributed by atoms with E-state index in [1.54, 1.807) is 6.07 Å². The van der Waals surface area contributed by atoms with Crippen LogP contribution >= 0.6 is 11.6 Å². The van der Waals surface area contributed by atoms with Crippen LogP contribution in [0.15, 0.2) is 95.7 Å². The Bertz CT molecular complexity index is 1340. The van der Waals surface area contributed by atoms with Gasteiger partial charge in [0.15, 0.2) is 24.5 Å². The van der Waals surface area contributed by atoms with Crippen molar-refractivity contribution in [1.82, 2.24) is 4.98 Å². The molecule has 3 aromatic carbocycles. The summed E-state index contributed by atoms with van der Waals surface area (Å²) in [5.41, 5.74) is 5.55. The molecule has 0 fully saturated rings. The first-order valence-electron chi connectivity index (χ1n) is 9.55. The van der Waals surface area contributed by atoms with Crippen LogP contribution < -0.4 is 17.0 Å². The maximum Gasteiger partial charge on any atom is 0.227 e. The monoisotopic (exact) mass is 450 g/mol. The Hall–Kier alpha value is -3.21. The number of nitrogens with zero attached hydrogens (tertiary/aromatic N) is 2. The normalized spacial score (nSPS) is 10.8. The lowest BCUT2D eigenvalue weighted by molar-refractivity contribution is -0.688. The van der Waals surface area contributed by atoms with E-state index in [1.807, 2.05) is 65.5 Å². The Morgan fingerprint density at radius 2 is 1.61 bits per heavy atom. The van der Waals surface area contributed by atoms with E-state index < -0.39 is 0 Å². The van der Waals surface area contributed by atoms with Crippen molar-refractivity contribution in [3.63, 3.8) is 0 Å². The number of benzene rings is 3. The SMILES string of the molecule is Fc1ccc(C[n+]2ccc(-c3nc4cc(-c5ccccc5)ccc4o3)cc2)c(Cl)c1.[Cl-]. The Morgan fingerprint density at radius 3 is 2.35 bits per heavy atom. The van der Waals surface area contributed by atoms with Crippen LogP contribution in [0.2, 0.25) is 5.02 Å². The minimum Gasteiger partial charge on any atom is -1.00 e. The summed E-state index contributed by atoms with van der Waals surface area (Å²) in [7, 11) is 0. The van der Waals surface area contributed by atoms with Crippen LogP contribution in [-0.2, 0) is 6.54 Å². The fourth-order valence-electron chi connectivity index (χ4n) is 3.41. The molecule has 3 nitrogen and oxygen atoms in total. The van der Waals surface area contributed by atoms with Crippen molar-refractivity contribution in [1.29, 1.82) is 0 Å². The molecular formula is C25H17Cl2FN2O. The van der Waals surface area contributed by atoms with Crippen molar-refractivity contribution in [3.8, 4) is 22.6 Å². The first-order valence-corrected chi connectivity index (χ1v) is 9.93. The summed E-state index contributed by atoms with van der Waals surface area (Å²) in [6.45, 7) is 0.549. The standard InChI is InChI=1S/C25H17ClFN2O.ClH/c26-22-15-21(27)8-6-20(22)16-29-12-10-18(11-13-29)25-28-23-14-19(7-9-24(23)30-25)17-4-2-1-3-5-17;/h1-15H,16H2;1H/q+1;/p-1. The highest BCUT2D eigenvalue weighted by Gasteiger charge is 2.12. The van der Waals surface area contributed by atoms with Gasteiger partial charge in [-0.3, -0.25) is 0 Å². The van der Waals surface area contributed by atoms with E-state index in [2.05, 4.69) is 17.1 Å². The number of halogens is 3. The van der Waals surface area contributed by atoms with Gasteiger partial charge in [0.1, 0.15) is 11.3 Å². The Balaban J connectivity index is 0.00000231. The van der Waals surface area contributed by atoms with Gasteiger partial charge < -0.3 is 16.8 Å². The van der Waals surface area contributed by atoms with Crippen LogP contribution in [0, 0.1) is 5.82 Å². The van der Waals surface area contributed by atoms with Gasteiger partial charge in [-0.2, -0.15) is 0 Å². The molecule has 0 aliphatic carbocycles. The first-order chi connectivity index (χ1) is 14.7. The average molecular weight is 451 g/mol. The van der Waals surface area contributed by atoms with Gasteiger partial charge in [-0.05, 0) is 41.5 Å². The van der Waals surface area contributed by atoms with Crippen LogP contribution in [0.3, 0.4) is 0 Å². The summed E-state index contributed by atoms with van der Waals surface area (Å²) in [6, 6.07) is 24.6. The lowest BCUT2D eigenvalue weighted by Gasteiger charge is -2.01. The molecular weight excluding hydrogens is 434 g/mol. The van der Waals surface area contributed by atoms with Gasteiger partial charge in [0.05, 0.1) is 5.02 Å². The van der Waals surface area contributed by atoms with E-state index in [9.17, 15) is 4.39 Å². The topological polar surface area (TPSA) is 29.9 Å². The zero-order valence-corrected chi connectivity index (χ0v) is 17.8. The first kappa shape index (κ1) is 21.0. The number of fused-ring (bicyclic) bond motifs is 1. The lowest BCUT2D eigenvalue weighted by atomic mass is 10.1. The second kappa shape index (κ2) is 8.88. The van der Waals surface area contributed by atoms with E-state index in [0.29, 0.717) is 17.5 Å². The van der Waals surface area contributed by atoms with Crippen molar-refractivity contribution in [2.24, 2.45) is 0 Å². The predicted octanol–water partition coefficient (Wildman–Crippen LogP) is 3.29. The summed E-state index contributed by atoms with van der Waals surface area (Å²) in [5.74, 6) is 0.234. The average Bonchev–Trinajstić information content (AvgIpc) is 3.20. The molecule has 0 saturated carbocycles. The van der Waals surface area contributed by atoms with Crippen LogP contribution in [0.5, 0.6) is 0 Å². The molecule has 5 aromatic rings. The molecule has 6 heteroatoms. The van der Waals surface area contributed by atoms with Gasteiger partial charge in [-0.25, -0.2) is 13.9 Å². The zero-order valence-electron chi connectivity index (χ0n) is 16.3. The Kier molecular flexibility index (Phi) is 6.03. The number of rotatable bonds is 4. The molecule has 0 bridgehead atoms. The molecule has 154 valence electrons. The van der Waals surface area contributed by atoms with Crippen molar-refractivity contribution in [3.05, 3.63) is 108 Å². The van der Waals surface area contributed by atoms with Crippen molar-refractivity contribution >= 4 is 22.7 Å². The highest BCUT2D eigenvalue weighted by Crippen LogP contribution is 2.28. The molecule has 0 spiro atoms. The number of aromatic nitrogens is 2. The molecule has 31 heavy (non-hydrogen) atoms. The maximum absolute atomic E-state index is 13.2. The molecule has 0 radical (unpaired) electrons. The third-order valence-corrected chi connectivity index (χ3v) is 5.35. The number of oxazole rings is 1. The smallest absolute Gasteiger partial charge is 0.227 e. The summed E-state index contributed by atoms with van der Waals surface area (Å²) < 4.78 is 21.2. The molecule has 0 saturated heterocycles. The third kappa shape index (κ3) is 4.46. The number of hydrogen-bond acceptors (Lipinski definition) is 2. The molecule has 2 heterocycles. The molecule has 0 aliphatic rings. The summed E-state index contributed by atoms with van der Waals surface area (Å²) in [5, 5.41) is 0.416. The van der Waals surface area contributed by atoms with Crippen molar-refractivity contribution in [2.45, 2.75) is 6.54 Å². The Morgan fingerprint density at radius 1 is 0.839 bits per heavy atom. The fourth-order valence-corrected chi connectivity index (χ4v) is 3.64. The van der Waals surface area contributed by atoms with Crippen LogP contribution in [0.25, 0.3) is 33.7 Å². The van der Waals surface area contributed by atoms with E-state index in [-0.39, 0.29) is 18.2 Å². The molecule has 5 rings (SSSR count). The summed E-state index contributed by atoms with van der Waals surface area (Å²) >= 11 is 6.13. The second-order valence-electron chi connectivity index (χ2n) is 7.06. The highest BCUT2D eigenvalue weighted by molar-refractivity contribution is 6.31. The van der Waals surface area contributed by atoms with E-state index >= 15 is 0 Å². The summed E-state index contributed by atoms with van der Waals surface area (Å²) in [6.07, 6.45) is 3.86. The minimum atomic E-state index is -0.338. The molecule has 0 unspecified atom stereocenters. The zero-order chi connectivity index (χ0) is 20.5. The van der Waals surface area contributed by atoms with E-state index in [0.717, 1.165) is 33.4 Å². The van der Waals surface area contributed by atoms with Gasteiger partial charge in [0, 0.05) is 23.3 Å². The minimum absolute atomic E-state index is 0. The molecule has 0 N–H and O–H groups in total. The Labute approximate surface area is 190 Å². The van der Waals surface area contributed by atoms with Crippen molar-refractivity contribution in [2.75, 3.05) is 0 Å². The van der Waals surface area contributed by atoms with Crippen LogP contribution in [0.1, 0.15) is 5.56 Å². The number of pyridine rings is 1. The molecule has 2 aromatic heterocycles.